The van der Waals surface area contributed by atoms with Gasteiger partial charge in [0, 0.05) is 22.5 Å². The second-order valence-corrected chi connectivity index (χ2v) is 7.54. The van der Waals surface area contributed by atoms with Crippen molar-refractivity contribution in [1.82, 2.24) is 9.97 Å². The van der Waals surface area contributed by atoms with Crippen LogP contribution in [0.25, 0.3) is 21.5 Å². The largest absolute Gasteiger partial charge is 0.452 e. The fourth-order valence-electron chi connectivity index (χ4n) is 2.99. The highest BCUT2D eigenvalue weighted by Crippen LogP contribution is 2.24. The fraction of sp³-hybridized carbons (Fsp3) is 0.130. The Balaban J connectivity index is 1.36. The number of aromatic nitrogens is 2. The van der Waals surface area contributed by atoms with Crippen LogP contribution in [0.5, 0.6) is 0 Å². The van der Waals surface area contributed by atoms with Gasteiger partial charge in [0.2, 0.25) is 0 Å². The van der Waals surface area contributed by atoms with E-state index in [0.29, 0.717) is 11.4 Å². The molecule has 1 unspecified atom stereocenters. The molecular formula is C23H19N3O3S. The van der Waals surface area contributed by atoms with Gasteiger partial charge < -0.3 is 10.1 Å². The van der Waals surface area contributed by atoms with Gasteiger partial charge in [0.05, 0.1) is 23.3 Å². The maximum absolute atomic E-state index is 12.5. The molecule has 2 aromatic heterocycles. The van der Waals surface area contributed by atoms with Crippen molar-refractivity contribution >= 4 is 39.8 Å². The predicted octanol–water partition coefficient (Wildman–Crippen LogP) is 4.47. The van der Waals surface area contributed by atoms with Gasteiger partial charge in [0.15, 0.2) is 6.10 Å². The fourth-order valence-corrected chi connectivity index (χ4v) is 3.81. The average Bonchev–Trinajstić information content (AvgIpc) is 3.23. The van der Waals surface area contributed by atoms with Crippen LogP contribution in [0.15, 0.2) is 72.2 Å². The van der Waals surface area contributed by atoms with Crippen molar-refractivity contribution in [2.45, 2.75) is 19.4 Å². The number of rotatable bonds is 6. The Hall–Kier alpha value is -3.58. The Morgan fingerprint density at radius 2 is 1.90 bits per heavy atom. The number of nitrogens with zero attached hydrogens (tertiary/aromatic N) is 2. The van der Waals surface area contributed by atoms with E-state index in [1.54, 1.807) is 25.3 Å². The maximum atomic E-state index is 12.5. The number of benzene rings is 2. The molecule has 0 saturated carbocycles. The van der Waals surface area contributed by atoms with Crippen molar-refractivity contribution in [3.05, 3.63) is 77.9 Å². The zero-order chi connectivity index (χ0) is 20.9. The van der Waals surface area contributed by atoms with E-state index in [9.17, 15) is 9.59 Å². The van der Waals surface area contributed by atoms with Gasteiger partial charge in [0.25, 0.3) is 5.91 Å². The Kier molecular flexibility index (Phi) is 5.81. The summed E-state index contributed by atoms with van der Waals surface area (Å²) in [6.45, 7) is 1.55. The topological polar surface area (TPSA) is 81.2 Å². The highest BCUT2D eigenvalue weighted by molar-refractivity contribution is 7.13. The molecule has 0 aliphatic carbocycles. The molecule has 0 radical (unpaired) electrons. The minimum atomic E-state index is -0.934. The van der Waals surface area contributed by atoms with Gasteiger partial charge in [-0.2, -0.15) is 0 Å². The van der Waals surface area contributed by atoms with Crippen molar-refractivity contribution in [2.75, 3.05) is 5.32 Å². The first-order chi connectivity index (χ1) is 14.6. The molecule has 0 saturated heterocycles. The second-order valence-electron chi connectivity index (χ2n) is 6.68. The summed E-state index contributed by atoms with van der Waals surface area (Å²) in [6, 6.07) is 18.9. The first-order valence-electron chi connectivity index (χ1n) is 9.44. The van der Waals surface area contributed by atoms with Crippen LogP contribution in [0.1, 0.15) is 12.6 Å². The third-order valence-corrected chi connectivity index (χ3v) is 5.42. The van der Waals surface area contributed by atoms with E-state index < -0.39 is 18.0 Å². The molecule has 30 heavy (non-hydrogen) atoms. The summed E-state index contributed by atoms with van der Waals surface area (Å²) in [6.07, 6.45) is 0.774. The summed E-state index contributed by atoms with van der Waals surface area (Å²) < 4.78 is 5.31. The molecule has 150 valence electrons. The summed E-state index contributed by atoms with van der Waals surface area (Å²) in [4.78, 5) is 33.6. The van der Waals surface area contributed by atoms with E-state index in [-0.39, 0.29) is 6.42 Å². The number of amides is 1. The summed E-state index contributed by atoms with van der Waals surface area (Å²) in [5.41, 5.74) is 3.02. The van der Waals surface area contributed by atoms with Gasteiger partial charge >= 0.3 is 5.97 Å². The Labute approximate surface area is 177 Å². The highest BCUT2D eigenvalue weighted by Gasteiger charge is 2.20. The zero-order valence-electron chi connectivity index (χ0n) is 16.2. The first kappa shape index (κ1) is 19.7. The highest BCUT2D eigenvalue weighted by atomic mass is 32.1. The first-order valence-corrected chi connectivity index (χ1v) is 10.3. The lowest BCUT2D eigenvalue weighted by atomic mass is 10.2. The van der Waals surface area contributed by atoms with E-state index in [2.05, 4.69) is 15.3 Å². The lowest BCUT2D eigenvalue weighted by Crippen LogP contribution is -2.30. The lowest BCUT2D eigenvalue weighted by molar-refractivity contribution is -0.152. The molecule has 0 spiro atoms. The van der Waals surface area contributed by atoms with E-state index in [1.807, 2.05) is 53.9 Å². The second kappa shape index (κ2) is 8.84. The molecule has 1 N–H and O–H groups in total. The maximum Gasteiger partial charge on any atom is 0.312 e. The summed E-state index contributed by atoms with van der Waals surface area (Å²) in [5.74, 6) is -0.898. The van der Waals surface area contributed by atoms with Crippen LogP contribution in [0.3, 0.4) is 0 Å². The predicted molar refractivity (Wildman–Crippen MR) is 117 cm³/mol. The minimum Gasteiger partial charge on any atom is -0.452 e. The lowest BCUT2D eigenvalue weighted by Gasteiger charge is -2.14. The minimum absolute atomic E-state index is 0.0130. The standard InChI is InChI=1S/C23H19N3O3S/c1-15(22(28)26-20-11-5-10-19-18(20)9-6-12-24-19)29-21(27)13-17-14-30-23(25-17)16-7-3-2-4-8-16/h2-12,14-15H,13H2,1H3,(H,26,28). The molecule has 0 aliphatic heterocycles. The number of hydrogen-bond donors (Lipinski definition) is 1. The Morgan fingerprint density at radius 3 is 2.73 bits per heavy atom. The molecule has 4 aromatic rings. The van der Waals surface area contributed by atoms with Gasteiger partial charge in [-0.25, -0.2) is 4.98 Å². The normalized spacial score (nSPS) is 11.8. The van der Waals surface area contributed by atoms with E-state index in [0.717, 1.165) is 21.5 Å². The van der Waals surface area contributed by atoms with Gasteiger partial charge in [-0.15, -0.1) is 11.3 Å². The molecule has 6 nitrogen and oxygen atoms in total. The van der Waals surface area contributed by atoms with Crippen LogP contribution in [-0.2, 0) is 20.7 Å². The number of carbonyl (C=O) groups is 2. The number of hydrogen-bond acceptors (Lipinski definition) is 6. The number of nitrogens with one attached hydrogen (secondary N) is 1. The molecule has 2 aromatic carbocycles. The number of esters is 1. The van der Waals surface area contributed by atoms with E-state index in [1.165, 1.54) is 11.3 Å². The van der Waals surface area contributed by atoms with Crippen molar-refractivity contribution in [3.8, 4) is 10.6 Å². The van der Waals surface area contributed by atoms with Crippen LogP contribution >= 0.6 is 11.3 Å². The van der Waals surface area contributed by atoms with Crippen LogP contribution in [0.4, 0.5) is 5.69 Å². The third kappa shape index (κ3) is 4.52. The summed E-state index contributed by atoms with van der Waals surface area (Å²) in [7, 11) is 0. The average molecular weight is 417 g/mol. The van der Waals surface area contributed by atoms with Crippen LogP contribution < -0.4 is 5.32 Å². The number of carbonyl (C=O) groups excluding carboxylic acids is 2. The van der Waals surface area contributed by atoms with Crippen molar-refractivity contribution in [2.24, 2.45) is 0 Å². The third-order valence-electron chi connectivity index (χ3n) is 4.48. The van der Waals surface area contributed by atoms with Gasteiger partial charge in [-0.3, -0.25) is 14.6 Å². The van der Waals surface area contributed by atoms with Gasteiger partial charge in [-0.05, 0) is 31.2 Å². The number of ether oxygens (including phenoxy) is 1. The Bertz CT molecular complexity index is 1190. The molecule has 4 rings (SSSR count). The smallest absolute Gasteiger partial charge is 0.312 e. The van der Waals surface area contributed by atoms with E-state index >= 15 is 0 Å². The number of pyridine rings is 1. The molecule has 1 amide bonds. The SMILES string of the molecule is CC(OC(=O)Cc1csc(-c2ccccc2)n1)C(=O)Nc1cccc2ncccc12. The monoisotopic (exact) mass is 417 g/mol. The van der Waals surface area contributed by atoms with Gasteiger partial charge in [-0.1, -0.05) is 36.4 Å². The molecule has 0 aliphatic rings. The molecule has 0 bridgehead atoms. The Morgan fingerprint density at radius 1 is 1.07 bits per heavy atom. The molecule has 7 heteroatoms. The molecular weight excluding hydrogens is 398 g/mol. The molecule has 2 heterocycles. The van der Waals surface area contributed by atoms with Crippen LogP contribution in [0.2, 0.25) is 0 Å². The summed E-state index contributed by atoms with van der Waals surface area (Å²) in [5, 5.41) is 6.30. The van der Waals surface area contributed by atoms with E-state index in [4.69, 9.17) is 4.74 Å². The van der Waals surface area contributed by atoms with Gasteiger partial charge in [0.1, 0.15) is 5.01 Å². The number of fused-ring (bicyclic) bond motifs is 1. The van der Waals surface area contributed by atoms with Crippen molar-refractivity contribution in [3.63, 3.8) is 0 Å². The van der Waals surface area contributed by atoms with Crippen molar-refractivity contribution < 1.29 is 14.3 Å². The molecule has 1 atom stereocenters. The zero-order valence-corrected chi connectivity index (χ0v) is 17.1. The molecule has 0 fully saturated rings. The quantitative estimate of drug-likeness (QED) is 0.468. The van der Waals surface area contributed by atoms with Crippen LogP contribution in [0, 0.1) is 0 Å². The summed E-state index contributed by atoms with van der Waals surface area (Å²) >= 11 is 1.47. The number of anilines is 1. The van der Waals surface area contributed by atoms with Crippen LogP contribution in [-0.4, -0.2) is 27.9 Å². The number of thiazole rings is 1. The van der Waals surface area contributed by atoms with Crippen molar-refractivity contribution in [1.29, 1.82) is 0 Å².